The van der Waals surface area contributed by atoms with E-state index in [1.165, 1.54) is 23.8 Å². The average Bonchev–Trinajstić information content (AvgIpc) is 3.22. The number of amides is 2. The Balaban J connectivity index is 0.000000360. The van der Waals surface area contributed by atoms with Gasteiger partial charge >= 0.3 is 24.1 Å². The fourth-order valence-electron chi connectivity index (χ4n) is 7.12. The van der Waals surface area contributed by atoms with Crippen molar-refractivity contribution in [2.75, 3.05) is 14.1 Å². The van der Waals surface area contributed by atoms with Crippen LogP contribution in [0.2, 0.25) is 10.0 Å². The number of hydrogen-bond acceptors (Lipinski definition) is 11. The van der Waals surface area contributed by atoms with Gasteiger partial charge in [0.25, 0.3) is 0 Å². The molecule has 0 spiro atoms. The van der Waals surface area contributed by atoms with Crippen molar-refractivity contribution in [1.29, 1.82) is 0 Å². The first-order chi connectivity index (χ1) is 28.8. The van der Waals surface area contributed by atoms with Crippen LogP contribution in [0, 0.1) is 0 Å². The first kappa shape index (κ1) is 52.6. The molecule has 0 aliphatic heterocycles. The van der Waals surface area contributed by atoms with Crippen LogP contribution in [0.15, 0.2) is 48.5 Å². The smallest absolute Gasteiger partial charge is 0.413 e. The Morgan fingerprint density at radius 1 is 0.656 bits per heavy atom. The van der Waals surface area contributed by atoms with Crippen LogP contribution in [0.1, 0.15) is 129 Å². The summed E-state index contributed by atoms with van der Waals surface area (Å²) in [5.41, 5.74) is -1.89. The molecule has 17 heteroatoms. The van der Waals surface area contributed by atoms with Crippen LogP contribution in [0.5, 0.6) is 0 Å². The summed E-state index contributed by atoms with van der Waals surface area (Å²) >= 11 is 18.4. The second-order valence-corrected chi connectivity index (χ2v) is 16.0. The minimum absolute atomic E-state index is 0.0115. The number of carboxylic acids is 1. The van der Waals surface area contributed by atoms with Gasteiger partial charge in [-0.2, -0.15) is 0 Å². The highest BCUT2D eigenvalue weighted by molar-refractivity contribution is 6.32. The number of aliphatic carboxylic acids is 1. The number of ether oxygens (including phenoxy) is 3. The molecule has 336 valence electrons. The Kier molecular flexibility index (Phi) is 21.9. The van der Waals surface area contributed by atoms with E-state index < -0.39 is 47.1 Å². The lowest BCUT2D eigenvalue weighted by Crippen LogP contribution is -2.54. The predicted molar refractivity (Wildman–Crippen MR) is 229 cm³/mol. The quantitative estimate of drug-likeness (QED) is 0.101. The highest BCUT2D eigenvalue weighted by Crippen LogP contribution is 2.44. The summed E-state index contributed by atoms with van der Waals surface area (Å²) in [7, 11) is 3.05. The Morgan fingerprint density at radius 3 is 1.44 bits per heavy atom. The third-order valence-corrected chi connectivity index (χ3v) is 11.2. The lowest BCUT2D eigenvalue weighted by atomic mass is 9.74. The molecule has 4 rings (SSSR count). The SMILES string of the molecule is CC(Cl)OC(=O)N(C)[C@]1(c2ccccc2Cl)CCCCC1=O.CCC(=O)CCC(=O)O.CCC(=O)CCC(=O)OC(C)OC(=O)N(C)[C@]1(c2ccccc2Cl)CCCCC1=O. The number of likely N-dealkylation sites (N-methyl/N-ethyl adjacent to an activating group) is 2. The lowest BCUT2D eigenvalue weighted by molar-refractivity contribution is -0.168. The summed E-state index contributed by atoms with van der Waals surface area (Å²) < 4.78 is 15.4. The lowest BCUT2D eigenvalue weighted by Gasteiger charge is -2.43. The van der Waals surface area contributed by atoms with Crippen LogP contribution in [-0.4, -0.2) is 88.1 Å². The molecule has 0 heterocycles. The predicted octanol–water partition coefficient (Wildman–Crippen LogP) is 9.56. The van der Waals surface area contributed by atoms with Crippen molar-refractivity contribution >= 4 is 82.1 Å². The number of carbonyl (C=O) groups excluding carboxylic acids is 7. The molecule has 2 aromatic rings. The van der Waals surface area contributed by atoms with Crippen LogP contribution in [0.3, 0.4) is 0 Å². The van der Waals surface area contributed by atoms with Gasteiger partial charge in [-0.1, -0.05) is 85.0 Å². The molecule has 2 aromatic carbocycles. The largest absolute Gasteiger partial charge is 0.481 e. The molecule has 2 aliphatic rings. The maximum Gasteiger partial charge on any atom is 0.413 e. The zero-order valence-electron chi connectivity index (χ0n) is 35.6. The number of esters is 1. The van der Waals surface area contributed by atoms with Gasteiger partial charge < -0.3 is 19.3 Å². The molecular formula is C44H57Cl3N2O12. The first-order valence-corrected chi connectivity index (χ1v) is 21.5. The number of carbonyl (C=O) groups is 8. The van der Waals surface area contributed by atoms with E-state index in [9.17, 15) is 38.4 Å². The maximum absolute atomic E-state index is 13.0. The summed E-state index contributed by atoms with van der Waals surface area (Å²) in [4.78, 5) is 97.0. The molecule has 1 N–H and O–H groups in total. The minimum Gasteiger partial charge on any atom is -0.481 e. The third kappa shape index (κ3) is 14.8. The van der Waals surface area contributed by atoms with Crippen molar-refractivity contribution in [2.45, 2.75) is 141 Å². The Hall–Kier alpha value is -4.53. The minimum atomic E-state index is -1.23. The molecule has 2 unspecified atom stereocenters. The highest BCUT2D eigenvalue weighted by atomic mass is 35.5. The van der Waals surface area contributed by atoms with Crippen molar-refractivity contribution < 1.29 is 57.7 Å². The van der Waals surface area contributed by atoms with Crippen LogP contribution in [0.25, 0.3) is 0 Å². The van der Waals surface area contributed by atoms with Gasteiger partial charge in [0, 0.05) is 80.7 Å². The Labute approximate surface area is 372 Å². The van der Waals surface area contributed by atoms with Crippen molar-refractivity contribution in [2.24, 2.45) is 0 Å². The molecule has 0 radical (unpaired) electrons. The highest BCUT2D eigenvalue weighted by Gasteiger charge is 2.50. The number of carboxylic acid groups (broad SMARTS) is 1. The monoisotopic (exact) mass is 910 g/mol. The Morgan fingerprint density at radius 2 is 1.07 bits per heavy atom. The van der Waals surface area contributed by atoms with Gasteiger partial charge in [0.05, 0.1) is 12.8 Å². The second kappa shape index (κ2) is 25.4. The summed E-state index contributed by atoms with van der Waals surface area (Å²) in [6.45, 7) is 6.41. The number of halogens is 3. The van der Waals surface area contributed by atoms with E-state index in [1.807, 2.05) is 6.07 Å². The summed E-state index contributed by atoms with van der Waals surface area (Å²) in [5, 5.41) is 8.97. The van der Waals surface area contributed by atoms with Crippen molar-refractivity contribution in [3.63, 3.8) is 0 Å². The summed E-state index contributed by atoms with van der Waals surface area (Å²) in [6, 6.07) is 14.1. The zero-order chi connectivity index (χ0) is 45.9. The van der Waals surface area contributed by atoms with Crippen LogP contribution in [-0.2, 0) is 54.1 Å². The van der Waals surface area contributed by atoms with Gasteiger partial charge in [-0.25, -0.2) is 9.59 Å². The van der Waals surface area contributed by atoms with Gasteiger partial charge in [0.15, 0.2) is 17.1 Å². The fraction of sp³-hybridized carbons (Fsp3) is 0.545. The number of ketones is 4. The molecule has 0 aromatic heterocycles. The number of rotatable bonds is 15. The van der Waals surface area contributed by atoms with E-state index in [2.05, 4.69) is 0 Å². The van der Waals surface area contributed by atoms with Gasteiger partial charge in [0.1, 0.15) is 22.6 Å². The van der Waals surface area contributed by atoms with Crippen LogP contribution >= 0.6 is 34.8 Å². The molecule has 61 heavy (non-hydrogen) atoms. The molecule has 0 saturated heterocycles. The van der Waals surface area contributed by atoms with Crippen molar-refractivity contribution in [3.8, 4) is 0 Å². The summed E-state index contributed by atoms with van der Waals surface area (Å²) in [6.07, 6.45) is 3.20. The number of Topliss-reactive ketones (excluding diaryl/α,β-unsaturated/α-hetero) is 4. The normalized spacial score (nSPS) is 19.3. The van der Waals surface area contributed by atoms with E-state index in [4.69, 9.17) is 54.1 Å². The molecule has 0 bridgehead atoms. The average molecular weight is 912 g/mol. The van der Waals surface area contributed by atoms with Crippen molar-refractivity contribution in [3.05, 3.63) is 69.7 Å². The molecule has 2 saturated carbocycles. The fourth-order valence-corrected chi connectivity index (χ4v) is 7.78. The molecule has 14 nitrogen and oxygen atoms in total. The molecule has 2 fully saturated rings. The van der Waals surface area contributed by atoms with E-state index in [0.29, 0.717) is 59.7 Å². The van der Waals surface area contributed by atoms with Gasteiger partial charge in [-0.05, 0) is 57.6 Å². The first-order valence-electron chi connectivity index (χ1n) is 20.3. The molecule has 4 atom stereocenters. The Bertz CT molecular complexity index is 1870. The number of nitrogens with zero attached hydrogens (tertiary/aromatic N) is 2. The molecule has 2 amide bonds. The standard InChI is InChI=1S/C22H28ClNO6.C16H19Cl2NO3.C6H10O3/c1-4-16(25)12-13-20(27)29-15(2)30-21(28)24(3)22(14-8-7-11-19(22)26)17-9-5-6-10-18(17)23;1-11(17)22-15(21)19(2)16(10-6-5-9-14(16)20)12-7-3-4-8-13(12)18;1-2-5(7)3-4-6(8)9/h5-6,9-10,15H,4,7-8,11-14H2,1-3H3;3-4,7-8,11H,5-6,9-10H2,1-2H3;2-4H2,1H3,(H,8,9)/t15?,22-;11?,16-;/m00./s1. The van der Waals surface area contributed by atoms with Gasteiger partial charge in [0.2, 0.25) is 6.29 Å². The number of hydrogen-bond donors (Lipinski definition) is 1. The third-order valence-electron chi connectivity index (χ3n) is 10.5. The van der Waals surface area contributed by atoms with E-state index in [0.717, 1.165) is 25.7 Å². The topological polar surface area (TPSA) is 191 Å². The van der Waals surface area contributed by atoms with Crippen molar-refractivity contribution in [1.82, 2.24) is 9.80 Å². The van der Waals surface area contributed by atoms with Crippen LogP contribution < -0.4 is 0 Å². The number of benzene rings is 2. The summed E-state index contributed by atoms with van der Waals surface area (Å²) in [5.74, 6) is -1.70. The second-order valence-electron chi connectivity index (χ2n) is 14.6. The van der Waals surface area contributed by atoms with E-state index in [1.54, 1.807) is 70.3 Å². The maximum atomic E-state index is 13.0. The van der Waals surface area contributed by atoms with Crippen LogP contribution in [0.4, 0.5) is 9.59 Å². The van der Waals surface area contributed by atoms with E-state index >= 15 is 0 Å². The van der Waals surface area contributed by atoms with E-state index in [-0.39, 0.29) is 48.8 Å². The number of alkyl halides is 1. The van der Waals surface area contributed by atoms with Gasteiger partial charge in [-0.3, -0.25) is 38.6 Å². The molecular weight excluding hydrogens is 855 g/mol. The van der Waals surface area contributed by atoms with Gasteiger partial charge in [-0.15, -0.1) is 0 Å². The molecule has 2 aliphatic carbocycles. The zero-order valence-corrected chi connectivity index (χ0v) is 37.9.